The smallest absolute Gasteiger partial charge is 0.196 e. The molecule has 24 heavy (non-hydrogen) atoms. The number of benzene rings is 1. The average molecular weight is 339 g/mol. The lowest BCUT2D eigenvalue weighted by atomic mass is 10.2. The van der Waals surface area contributed by atoms with Crippen molar-refractivity contribution in [2.45, 2.75) is 29.9 Å². The van der Waals surface area contributed by atoms with Crippen LogP contribution >= 0.6 is 11.8 Å². The van der Waals surface area contributed by atoms with Crippen molar-refractivity contribution in [1.29, 1.82) is 5.26 Å². The normalized spacial score (nSPS) is 10.5. The highest BCUT2D eigenvalue weighted by Crippen LogP contribution is 2.32. The summed E-state index contributed by atoms with van der Waals surface area (Å²) in [6, 6.07) is 10.2. The van der Waals surface area contributed by atoms with E-state index in [-0.39, 0.29) is 5.56 Å². The molecule has 2 aromatic heterocycles. The number of nitrogens with zero attached hydrogens (tertiary/aromatic N) is 5. The molecule has 0 aliphatic heterocycles. The lowest BCUT2D eigenvalue weighted by Gasteiger charge is -2.09. The molecule has 0 aliphatic carbocycles. The van der Waals surface area contributed by atoms with Crippen LogP contribution in [0.2, 0.25) is 0 Å². The van der Waals surface area contributed by atoms with E-state index in [1.807, 2.05) is 22.8 Å². The van der Waals surface area contributed by atoms with E-state index in [9.17, 15) is 9.65 Å². The van der Waals surface area contributed by atoms with Crippen molar-refractivity contribution < 1.29 is 4.39 Å². The number of halogens is 1. The fourth-order valence-electron chi connectivity index (χ4n) is 2.30. The van der Waals surface area contributed by atoms with Crippen LogP contribution in [-0.4, -0.2) is 19.7 Å². The Bertz CT molecular complexity index is 886. The zero-order valence-electron chi connectivity index (χ0n) is 13.0. The molecular formula is C17H14FN5S. The summed E-state index contributed by atoms with van der Waals surface area (Å²) in [5.41, 5.74) is 0.941. The SMILES string of the molecule is CCCn1c(Sc2cccc(F)c2C#N)nnc1-c1ccncc1. The quantitative estimate of drug-likeness (QED) is 0.705. The van der Waals surface area contributed by atoms with Crippen molar-refractivity contribution in [2.24, 2.45) is 0 Å². The molecule has 5 nitrogen and oxygen atoms in total. The van der Waals surface area contributed by atoms with Crippen LogP contribution in [0.3, 0.4) is 0 Å². The van der Waals surface area contributed by atoms with Crippen molar-refractivity contribution in [3.8, 4) is 17.5 Å². The van der Waals surface area contributed by atoms with E-state index in [2.05, 4.69) is 22.1 Å². The Hall–Kier alpha value is -2.72. The standard InChI is InChI=1S/C17H14FN5S/c1-2-10-23-16(12-6-8-20-9-7-12)21-22-17(23)24-15-5-3-4-14(18)13(15)11-19/h3-9H,2,10H2,1H3. The third-order valence-corrected chi connectivity index (χ3v) is 4.44. The lowest BCUT2D eigenvalue weighted by Crippen LogP contribution is -2.02. The Morgan fingerprint density at radius 1 is 1.21 bits per heavy atom. The first-order chi connectivity index (χ1) is 11.7. The second-order valence-electron chi connectivity index (χ2n) is 5.02. The molecule has 0 atom stereocenters. The Morgan fingerprint density at radius 2 is 2.00 bits per heavy atom. The van der Waals surface area contributed by atoms with E-state index in [0.29, 0.717) is 10.1 Å². The maximum atomic E-state index is 13.8. The number of aromatic nitrogens is 4. The molecule has 3 aromatic rings. The second kappa shape index (κ2) is 7.23. The molecule has 2 heterocycles. The first kappa shape index (κ1) is 16.1. The molecule has 3 rings (SSSR count). The summed E-state index contributed by atoms with van der Waals surface area (Å²) in [6.45, 7) is 2.79. The molecule has 0 spiro atoms. The minimum absolute atomic E-state index is 0.0269. The van der Waals surface area contributed by atoms with Crippen molar-refractivity contribution in [1.82, 2.24) is 19.7 Å². The Kier molecular flexibility index (Phi) is 4.87. The third-order valence-electron chi connectivity index (χ3n) is 3.39. The molecule has 0 aliphatic rings. The molecule has 0 amide bonds. The van der Waals surface area contributed by atoms with Gasteiger partial charge in [-0.15, -0.1) is 10.2 Å². The van der Waals surface area contributed by atoms with Gasteiger partial charge < -0.3 is 4.57 Å². The van der Waals surface area contributed by atoms with Crippen molar-refractivity contribution in [3.63, 3.8) is 0 Å². The molecule has 0 saturated heterocycles. The van der Waals surface area contributed by atoms with E-state index in [0.717, 1.165) is 24.4 Å². The van der Waals surface area contributed by atoms with E-state index >= 15 is 0 Å². The highest BCUT2D eigenvalue weighted by molar-refractivity contribution is 7.99. The maximum Gasteiger partial charge on any atom is 0.196 e. The number of hydrogen-bond donors (Lipinski definition) is 0. The van der Waals surface area contributed by atoms with Crippen LogP contribution in [0.25, 0.3) is 11.4 Å². The van der Waals surface area contributed by atoms with Crippen molar-refractivity contribution in [3.05, 3.63) is 54.1 Å². The fraction of sp³-hybridized carbons (Fsp3) is 0.176. The Labute approximate surface area is 143 Å². The fourth-order valence-corrected chi connectivity index (χ4v) is 3.26. The number of pyridine rings is 1. The van der Waals surface area contributed by atoms with Gasteiger partial charge in [-0.25, -0.2) is 4.39 Å². The number of nitriles is 1. The Balaban J connectivity index is 2.02. The summed E-state index contributed by atoms with van der Waals surface area (Å²) in [4.78, 5) is 4.54. The molecule has 7 heteroatoms. The molecule has 0 radical (unpaired) electrons. The van der Waals surface area contributed by atoms with Gasteiger partial charge in [-0.1, -0.05) is 13.0 Å². The van der Waals surface area contributed by atoms with E-state index in [1.165, 1.54) is 17.8 Å². The molecule has 0 fully saturated rings. The van der Waals surface area contributed by atoms with Crippen LogP contribution in [0.15, 0.2) is 52.8 Å². The first-order valence-electron chi connectivity index (χ1n) is 7.44. The monoisotopic (exact) mass is 339 g/mol. The summed E-state index contributed by atoms with van der Waals surface area (Å²) < 4.78 is 15.8. The average Bonchev–Trinajstić information content (AvgIpc) is 2.99. The van der Waals surface area contributed by atoms with Crippen LogP contribution in [0.4, 0.5) is 4.39 Å². The highest BCUT2D eigenvalue weighted by Gasteiger charge is 2.17. The van der Waals surface area contributed by atoms with Gasteiger partial charge in [0, 0.05) is 29.4 Å². The van der Waals surface area contributed by atoms with Gasteiger partial charge in [0.05, 0.1) is 0 Å². The minimum Gasteiger partial charge on any atom is -0.302 e. The number of hydrogen-bond acceptors (Lipinski definition) is 5. The largest absolute Gasteiger partial charge is 0.302 e. The minimum atomic E-state index is -0.529. The van der Waals surface area contributed by atoms with Gasteiger partial charge in [0.25, 0.3) is 0 Å². The predicted molar refractivity (Wildman–Crippen MR) is 88.8 cm³/mol. The summed E-state index contributed by atoms with van der Waals surface area (Å²) >= 11 is 1.25. The summed E-state index contributed by atoms with van der Waals surface area (Å²) in [7, 11) is 0. The summed E-state index contributed by atoms with van der Waals surface area (Å²) in [5, 5.41) is 18.3. The molecule has 1 aromatic carbocycles. The molecule has 0 bridgehead atoms. The Morgan fingerprint density at radius 3 is 2.71 bits per heavy atom. The highest BCUT2D eigenvalue weighted by atomic mass is 32.2. The van der Waals surface area contributed by atoms with Gasteiger partial charge >= 0.3 is 0 Å². The van der Waals surface area contributed by atoms with Crippen LogP contribution in [0, 0.1) is 17.1 Å². The van der Waals surface area contributed by atoms with Gasteiger partial charge in [0.1, 0.15) is 17.4 Å². The molecular weight excluding hydrogens is 325 g/mol. The zero-order chi connectivity index (χ0) is 16.9. The van der Waals surface area contributed by atoms with Gasteiger partial charge in [-0.05, 0) is 42.4 Å². The maximum absolute atomic E-state index is 13.8. The van der Waals surface area contributed by atoms with Crippen LogP contribution < -0.4 is 0 Å². The summed E-state index contributed by atoms with van der Waals surface area (Å²) in [6.07, 6.45) is 4.30. The van der Waals surface area contributed by atoms with Crippen LogP contribution in [0.1, 0.15) is 18.9 Å². The molecule has 0 unspecified atom stereocenters. The first-order valence-corrected chi connectivity index (χ1v) is 8.26. The van der Waals surface area contributed by atoms with Crippen LogP contribution in [0.5, 0.6) is 0 Å². The van der Waals surface area contributed by atoms with Crippen molar-refractivity contribution in [2.75, 3.05) is 0 Å². The lowest BCUT2D eigenvalue weighted by molar-refractivity contribution is 0.618. The predicted octanol–water partition coefficient (Wildman–Crippen LogP) is 3.91. The van der Waals surface area contributed by atoms with Gasteiger partial charge in [-0.3, -0.25) is 4.98 Å². The van der Waals surface area contributed by atoms with Gasteiger partial charge in [-0.2, -0.15) is 5.26 Å². The zero-order valence-corrected chi connectivity index (χ0v) is 13.8. The number of rotatable bonds is 5. The summed E-state index contributed by atoms with van der Waals surface area (Å²) in [5.74, 6) is 0.204. The second-order valence-corrected chi connectivity index (χ2v) is 6.03. The molecule has 120 valence electrons. The third kappa shape index (κ3) is 3.14. The molecule has 0 N–H and O–H groups in total. The topological polar surface area (TPSA) is 67.4 Å². The van der Waals surface area contributed by atoms with Gasteiger partial charge in [0.2, 0.25) is 0 Å². The van der Waals surface area contributed by atoms with Crippen LogP contribution in [-0.2, 0) is 6.54 Å². The van der Waals surface area contributed by atoms with E-state index in [1.54, 1.807) is 24.5 Å². The van der Waals surface area contributed by atoms with E-state index < -0.39 is 5.82 Å². The molecule has 0 saturated carbocycles. The van der Waals surface area contributed by atoms with E-state index in [4.69, 9.17) is 0 Å². The van der Waals surface area contributed by atoms with Gasteiger partial charge in [0.15, 0.2) is 11.0 Å². The van der Waals surface area contributed by atoms with Crippen molar-refractivity contribution >= 4 is 11.8 Å².